The fraction of sp³-hybridized carbons (Fsp3) is 0.647. The molecule has 1 aromatic carbocycles. The summed E-state index contributed by atoms with van der Waals surface area (Å²) in [6, 6.07) is 10.7. The lowest BCUT2D eigenvalue weighted by atomic mass is 9.87. The highest BCUT2D eigenvalue weighted by Gasteiger charge is 2.45. The molecule has 2 atom stereocenters. The van der Waals surface area contributed by atoms with E-state index in [-0.39, 0.29) is 6.10 Å². The second kappa shape index (κ2) is 6.88. The van der Waals surface area contributed by atoms with Crippen LogP contribution >= 0.6 is 0 Å². The molecule has 0 amide bonds. The molecular weight excluding hydrogens is 266 g/mol. The topological polar surface area (TPSA) is 39.7 Å². The summed E-state index contributed by atoms with van der Waals surface area (Å²) in [5, 5.41) is 3.54. The summed E-state index contributed by atoms with van der Waals surface area (Å²) in [4.78, 5) is 0. The van der Waals surface area contributed by atoms with Gasteiger partial charge in [-0.3, -0.25) is 0 Å². The summed E-state index contributed by atoms with van der Waals surface area (Å²) in [6.07, 6.45) is 2.94. The summed E-state index contributed by atoms with van der Waals surface area (Å²) in [7, 11) is 0. The Labute approximate surface area is 126 Å². The molecular formula is C17H25NO3. The van der Waals surface area contributed by atoms with Gasteiger partial charge in [0.25, 0.3) is 0 Å². The number of rotatable bonds is 5. The van der Waals surface area contributed by atoms with Crippen LogP contribution < -0.4 is 5.32 Å². The van der Waals surface area contributed by atoms with Crippen LogP contribution in [0.1, 0.15) is 31.7 Å². The summed E-state index contributed by atoms with van der Waals surface area (Å²) < 4.78 is 17.9. The molecule has 1 aliphatic heterocycles. The van der Waals surface area contributed by atoms with Gasteiger partial charge >= 0.3 is 0 Å². The van der Waals surface area contributed by atoms with Gasteiger partial charge in [-0.05, 0) is 18.5 Å². The minimum Gasteiger partial charge on any atom is -0.372 e. The highest BCUT2D eigenvalue weighted by molar-refractivity contribution is 5.13. The van der Waals surface area contributed by atoms with Gasteiger partial charge in [-0.2, -0.15) is 0 Å². The lowest BCUT2D eigenvalue weighted by Crippen LogP contribution is -2.51. The maximum Gasteiger partial charge on any atom is 0.171 e. The van der Waals surface area contributed by atoms with Crippen molar-refractivity contribution in [3.05, 3.63) is 35.9 Å². The van der Waals surface area contributed by atoms with Crippen molar-refractivity contribution in [1.82, 2.24) is 5.32 Å². The minimum absolute atomic E-state index is 0.136. The molecule has 1 aromatic rings. The summed E-state index contributed by atoms with van der Waals surface area (Å²) >= 11 is 0. The van der Waals surface area contributed by atoms with E-state index in [0.717, 1.165) is 25.8 Å². The van der Waals surface area contributed by atoms with Crippen LogP contribution in [0.4, 0.5) is 0 Å². The molecule has 4 nitrogen and oxygen atoms in total. The van der Waals surface area contributed by atoms with Gasteiger partial charge in [-0.15, -0.1) is 0 Å². The molecule has 1 aliphatic carbocycles. The van der Waals surface area contributed by atoms with E-state index in [9.17, 15) is 0 Å². The predicted molar refractivity (Wildman–Crippen MR) is 81.0 cm³/mol. The van der Waals surface area contributed by atoms with Crippen LogP contribution in [-0.2, 0) is 20.8 Å². The van der Waals surface area contributed by atoms with Gasteiger partial charge in [0.15, 0.2) is 5.79 Å². The van der Waals surface area contributed by atoms with Crippen molar-refractivity contribution >= 4 is 0 Å². The van der Waals surface area contributed by atoms with Gasteiger partial charge in [0.1, 0.15) is 0 Å². The normalized spacial score (nSPS) is 28.0. The first-order chi connectivity index (χ1) is 10.3. The van der Waals surface area contributed by atoms with E-state index in [0.29, 0.717) is 25.9 Å². The highest BCUT2D eigenvalue weighted by Crippen LogP contribution is 2.37. The Morgan fingerprint density at radius 3 is 2.71 bits per heavy atom. The number of ether oxygens (including phenoxy) is 3. The zero-order chi connectivity index (χ0) is 14.5. The third-order valence-electron chi connectivity index (χ3n) is 4.38. The van der Waals surface area contributed by atoms with Crippen LogP contribution in [0.5, 0.6) is 0 Å². The second-order valence-electron chi connectivity index (χ2n) is 5.85. The number of hydrogen-bond acceptors (Lipinski definition) is 4. The molecule has 1 saturated carbocycles. The van der Waals surface area contributed by atoms with E-state index in [4.69, 9.17) is 14.2 Å². The zero-order valence-corrected chi connectivity index (χ0v) is 12.7. The molecule has 2 unspecified atom stereocenters. The first-order valence-corrected chi connectivity index (χ1v) is 7.98. The molecule has 0 bridgehead atoms. The third-order valence-corrected chi connectivity index (χ3v) is 4.38. The summed E-state index contributed by atoms with van der Waals surface area (Å²) in [6.45, 7) is 5.16. The van der Waals surface area contributed by atoms with E-state index in [1.807, 2.05) is 18.2 Å². The molecule has 3 rings (SSSR count). The van der Waals surface area contributed by atoms with Crippen molar-refractivity contribution in [3.63, 3.8) is 0 Å². The molecule has 1 saturated heterocycles. The summed E-state index contributed by atoms with van der Waals surface area (Å²) in [5.41, 5.74) is 1.21. The predicted octanol–water partition coefficient (Wildman–Crippen LogP) is 2.48. The third kappa shape index (κ3) is 3.64. The van der Waals surface area contributed by atoms with Gasteiger partial charge < -0.3 is 19.5 Å². The number of hydrogen-bond donors (Lipinski definition) is 1. The van der Waals surface area contributed by atoms with Crippen LogP contribution in [0.15, 0.2) is 30.3 Å². The molecule has 1 spiro atoms. The van der Waals surface area contributed by atoms with Crippen LogP contribution in [0.2, 0.25) is 0 Å². The van der Waals surface area contributed by atoms with Gasteiger partial charge in [-0.1, -0.05) is 37.3 Å². The molecule has 1 heterocycles. The Bertz CT molecular complexity index is 431. The molecule has 0 aromatic heterocycles. The van der Waals surface area contributed by atoms with Crippen molar-refractivity contribution in [2.45, 2.75) is 50.7 Å². The largest absolute Gasteiger partial charge is 0.372 e. The van der Waals surface area contributed by atoms with E-state index in [2.05, 4.69) is 24.4 Å². The smallest absolute Gasteiger partial charge is 0.171 e. The van der Waals surface area contributed by atoms with E-state index in [1.165, 1.54) is 5.56 Å². The lowest BCUT2D eigenvalue weighted by molar-refractivity contribution is -0.208. The Kier molecular flexibility index (Phi) is 4.91. The molecule has 4 heteroatoms. The molecule has 2 fully saturated rings. The molecule has 116 valence electrons. The average Bonchev–Trinajstić information content (AvgIpc) is 2.97. The van der Waals surface area contributed by atoms with Crippen molar-refractivity contribution in [1.29, 1.82) is 0 Å². The van der Waals surface area contributed by atoms with Crippen molar-refractivity contribution in [2.75, 3.05) is 19.8 Å². The SMILES string of the molecule is CCNC1CCC2(CC1OCc1ccccc1)OCCO2. The fourth-order valence-corrected chi connectivity index (χ4v) is 3.32. The van der Waals surface area contributed by atoms with Gasteiger partial charge in [-0.25, -0.2) is 0 Å². The first-order valence-electron chi connectivity index (χ1n) is 7.98. The van der Waals surface area contributed by atoms with Crippen molar-refractivity contribution in [2.24, 2.45) is 0 Å². The van der Waals surface area contributed by atoms with E-state index < -0.39 is 5.79 Å². The van der Waals surface area contributed by atoms with Crippen molar-refractivity contribution in [3.8, 4) is 0 Å². The quantitative estimate of drug-likeness (QED) is 0.904. The number of benzene rings is 1. The van der Waals surface area contributed by atoms with E-state index in [1.54, 1.807) is 0 Å². The maximum atomic E-state index is 6.20. The summed E-state index contributed by atoms with van der Waals surface area (Å²) in [5.74, 6) is -0.396. The zero-order valence-electron chi connectivity index (χ0n) is 12.7. The van der Waals surface area contributed by atoms with Crippen LogP contribution in [-0.4, -0.2) is 37.7 Å². The Hall–Kier alpha value is -0.940. The monoisotopic (exact) mass is 291 g/mol. The highest BCUT2D eigenvalue weighted by atomic mass is 16.7. The standard InChI is InChI=1S/C17H25NO3/c1-2-18-15-8-9-17(20-10-11-21-17)12-16(15)19-13-14-6-4-3-5-7-14/h3-7,15-16,18H,2,8-13H2,1H3. The van der Waals surface area contributed by atoms with Crippen molar-refractivity contribution < 1.29 is 14.2 Å². The van der Waals surface area contributed by atoms with Gasteiger partial charge in [0.05, 0.1) is 25.9 Å². The minimum atomic E-state index is -0.396. The first kappa shape index (κ1) is 15.0. The lowest BCUT2D eigenvalue weighted by Gasteiger charge is -2.41. The maximum absolute atomic E-state index is 6.20. The number of nitrogens with one attached hydrogen (secondary N) is 1. The van der Waals surface area contributed by atoms with Crippen LogP contribution in [0.3, 0.4) is 0 Å². The van der Waals surface area contributed by atoms with Crippen LogP contribution in [0.25, 0.3) is 0 Å². The van der Waals surface area contributed by atoms with Gasteiger partial charge in [0, 0.05) is 18.9 Å². The molecule has 21 heavy (non-hydrogen) atoms. The Morgan fingerprint density at radius 1 is 1.24 bits per heavy atom. The fourth-order valence-electron chi connectivity index (χ4n) is 3.32. The van der Waals surface area contributed by atoms with E-state index >= 15 is 0 Å². The second-order valence-corrected chi connectivity index (χ2v) is 5.85. The number of likely N-dealkylation sites (N-methyl/N-ethyl adjacent to an activating group) is 1. The molecule has 1 N–H and O–H groups in total. The molecule has 0 radical (unpaired) electrons. The van der Waals surface area contributed by atoms with Gasteiger partial charge in [0.2, 0.25) is 0 Å². The average molecular weight is 291 g/mol. The Morgan fingerprint density at radius 2 is 2.00 bits per heavy atom. The molecule has 2 aliphatic rings. The Balaban J connectivity index is 1.62. The van der Waals surface area contributed by atoms with Crippen LogP contribution in [0, 0.1) is 0 Å².